The SMILES string of the molecule is O=C1CCCC1C1CCCCN1C(=O)c1c[nH]ccc1=O. The molecule has 0 aromatic carbocycles. The van der Waals surface area contributed by atoms with E-state index in [1.807, 2.05) is 0 Å². The summed E-state index contributed by atoms with van der Waals surface area (Å²) < 4.78 is 0. The van der Waals surface area contributed by atoms with E-state index < -0.39 is 0 Å². The summed E-state index contributed by atoms with van der Waals surface area (Å²) in [5, 5.41) is 0. The summed E-state index contributed by atoms with van der Waals surface area (Å²) in [4.78, 5) is 41.2. The van der Waals surface area contributed by atoms with Crippen LogP contribution >= 0.6 is 0 Å². The van der Waals surface area contributed by atoms with E-state index in [1.54, 1.807) is 4.90 Å². The zero-order valence-corrected chi connectivity index (χ0v) is 12.0. The quantitative estimate of drug-likeness (QED) is 0.901. The van der Waals surface area contributed by atoms with E-state index in [2.05, 4.69) is 4.98 Å². The predicted octanol–water partition coefficient (Wildman–Crippen LogP) is 1.74. The number of hydrogen-bond acceptors (Lipinski definition) is 3. The zero-order chi connectivity index (χ0) is 14.8. The minimum Gasteiger partial charge on any atom is -0.367 e. The van der Waals surface area contributed by atoms with Crippen molar-refractivity contribution in [3.8, 4) is 0 Å². The topological polar surface area (TPSA) is 70.2 Å². The number of nitrogens with zero attached hydrogens (tertiary/aromatic N) is 1. The van der Waals surface area contributed by atoms with Gasteiger partial charge in [-0.15, -0.1) is 0 Å². The number of rotatable bonds is 2. The van der Waals surface area contributed by atoms with E-state index in [0.29, 0.717) is 13.0 Å². The minimum atomic E-state index is -0.263. The number of Topliss-reactive ketones (excluding diaryl/α,β-unsaturated/α-hetero) is 1. The van der Waals surface area contributed by atoms with Crippen molar-refractivity contribution in [2.24, 2.45) is 5.92 Å². The minimum absolute atomic E-state index is 0.0270. The lowest BCUT2D eigenvalue weighted by atomic mass is 9.88. The molecule has 21 heavy (non-hydrogen) atoms. The van der Waals surface area contributed by atoms with Crippen molar-refractivity contribution in [3.05, 3.63) is 34.2 Å². The maximum Gasteiger partial charge on any atom is 0.259 e. The average molecular weight is 288 g/mol. The second-order valence-electron chi connectivity index (χ2n) is 5.95. The molecule has 2 aliphatic rings. The molecular weight excluding hydrogens is 268 g/mol. The Morgan fingerprint density at radius 3 is 2.76 bits per heavy atom. The smallest absolute Gasteiger partial charge is 0.259 e. The summed E-state index contributed by atoms with van der Waals surface area (Å²) in [7, 11) is 0. The van der Waals surface area contributed by atoms with Crippen molar-refractivity contribution >= 4 is 11.7 Å². The Morgan fingerprint density at radius 1 is 1.19 bits per heavy atom. The number of carbonyl (C=O) groups excluding carboxylic acids is 2. The number of hydrogen-bond donors (Lipinski definition) is 1. The van der Waals surface area contributed by atoms with Crippen LogP contribution in [0.3, 0.4) is 0 Å². The van der Waals surface area contributed by atoms with E-state index in [-0.39, 0.29) is 34.6 Å². The van der Waals surface area contributed by atoms with E-state index >= 15 is 0 Å². The molecule has 2 unspecified atom stereocenters. The first-order valence-corrected chi connectivity index (χ1v) is 7.69. The lowest BCUT2D eigenvalue weighted by Crippen LogP contribution is -2.49. The maximum absolute atomic E-state index is 12.7. The molecule has 5 nitrogen and oxygen atoms in total. The summed E-state index contributed by atoms with van der Waals surface area (Å²) in [6, 6.07) is 1.34. The molecule has 5 heteroatoms. The Kier molecular flexibility index (Phi) is 3.90. The van der Waals surface area contributed by atoms with Gasteiger partial charge in [0.05, 0.1) is 0 Å². The number of aromatic nitrogens is 1. The van der Waals surface area contributed by atoms with Gasteiger partial charge in [-0.05, 0) is 32.1 Å². The highest BCUT2D eigenvalue weighted by Gasteiger charge is 2.39. The number of pyridine rings is 1. The van der Waals surface area contributed by atoms with E-state index in [9.17, 15) is 14.4 Å². The van der Waals surface area contributed by atoms with Crippen LogP contribution in [-0.2, 0) is 4.79 Å². The average Bonchev–Trinajstić information content (AvgIpc) is 2.93. The number of aromatic amines is 1. The standard InChI is InChI=1S/C16H20N2O3/c19-14-6-3-4-11(14)13-5-1-2-9-18(13)16(21)12-10-17-8-7-15(12)20/h7-8,10-11,13H,1-6,9H2,(H,17,20). The lowest BCUT2D eigenvalue weighted by Gasteiger charge is -2.38. The molecule has 3 rings (SSSR count). The summed E-state index contributed by atoms with van der Waals surface area (Å²) in [6.07, 6.45) is 8.27. The highest BCUT2D eigenvalue weighted by molar-refractivity contribution is 5.94. The van der Waals surface area contributed by atoms with E-state index in [1.165, 1.54) is 18.5 Å². The van der Waals surface area contributed by atoms with Crippen LogP contribution in [0.2, 0.25) is 0 Å². The van der Waals surface area contributed by atoms with Crippen molar-refractivity contribution < 1.29 is 9.59 Å². The van der Waals surface area contributed by atoms with Gasteiger partial charge in [-0.2, -0.15) is 0 Å². The Balaban J connectivity index is 1.87. The molecule has 1 aliphatic heterocycles. The van der Waals surface area contributed by atoms with Crippen molar-refractivity contribution in [2.75, 3.05) is 6.54 Å². The largest absolute Gasteiger partial charge is 0.367 e. The van der Waals surface area contributed by atoms with Crippen LogP contribution in [0.5, 0.6) is 0 Å². The fourth-order valence-corrected chi connectivity index (χ4v) is 3.62. The van der Waals surface area contributed by atoms with E-state index in [0.717, 1.165) is 32.1 Å². The predicted molar refractivity (Wildman–Crippen MR) is 78.1 cm³/mol. The van der Waals surface area contributed by atoms with Crippen LogP contribution in [0, 0.1) is 5.92 Å². The van der Waals surface area contributed by atoms with Crippen molar-refractivity contribution in [1.82, 2.24) is 9.88 Å². The maximum atomic E-state index is 12.7. The highest BCUT2D eigenvalue weighted by atomic mass is 16.2. The highest BCUT2D eigenvalue weighted by Crippen LogP contribution is 2.33. The molecule has 2 atom stereocenters. The molecule has 0 radical (unpaired) electrons. The summed E-state index contributed by atoms with van der Waals surface area (Å²) >= 11 is 0. The molecule has 1 aromatic heterocycles. The number of nitrogens with one attached hydrogen (secondary N) is 1. The Labute approximate surface area is 123 Å². The molecule has 112 valence electrons. The van der Waals surface area contributed by atoms with Gasteiger partial charge in [0.25, 0.3) is 5.91 Å². The van der Waals surface area contributed by atoms with Gasteiger partial charge in [-0.3, -0.25) is 14.4 Å². The molecule has 0 bridgehead atoms. The molecule has 2 heterocycles. The first-order chi connectivity index (χ1) is 10.2. The number of amides is 1. The molecular formula is C16H20N2O3. The van der Waals surface area contributed by atoms with Crippen LogP contribution in [-0.4, -0.2) is 34.2 Å². The molecule has 1 aliphatic carbocycles. The van der Waals surface area contributed by atoms with Gasteiger partial charge in [0.1, 0.15) is 11.3 Å². The van der Waals surface area contributed by atoms with Crippen LogP contribution in [0.15, 0.2) is 23.3 Å². The van der Waals surface area contributed by atoms with Crippen LogP contribution in [0.4, 0.5) is 0 Å². The molecule has 1 aromatic rings. The monoisotopic (exact) mass is 288 g/mol. The number of likely N-dealkylation sites (tertiary alicyclic amines) is 1. The Hall–Kier alpha value is -1.91. The van der Waals surface area contributed by atoms with E-state index in [4.69, 9.17) is 0 Å². The number of ketones is 1. The summed E-state index contributed by atoms with van der Waals surface area (Å²) in [5.74, 6) is 0.0139. The molecule has 1 saturated carbocycles. The normalized spacial score (nSPS) is 26.1. The Morgan fingerprint density at radius 2 is 2.05 bits per heavy atom. The van der Waals surface area contributed by atoms with Gasteiger partial charge in [0.2, 0.25) is 0 Å². The Bertz CT molecular complexity index is 608. The third-order valence-corrected chi connectivity index (χ3v) is 4.68. The number of H-pyrrole nitrogens is 1. The van der Waals surface area contributed by atoms with Gasteiger partial charge in [0.15, 0.2) is 5.43 Å². The second kappa shape index (κ2) is 5.84. The summed E-state index contributed by atoms with van der Waals surface area (Å²) in [6.45, 7) is 0.640. The van der Waals surface area contributed by atoms with Crippen LogP contribution in [0.1, 0.15) is 48.9 Å². The first kappa shape index (κ1) is 14.0. The number of piperidine rings is 1. The third-order valence-electron chi connectivity index (χ3n) is 4.68. The molecule has 1 saturated heterocycles. The fraction of sp³-hybridized carbons (Fsp3) is 0.562. The van der Waals surface area contributed by atoms with Gasteiger partial charge in [-0.1, -0.05) is 0 Å². The second-order valence-corrected chi connectivity index (χ2v) is 5.95. The summed E-state index contributed by atoms with van der Waals surface area (Å²) in [5.41, 5.74) is -0.0873. The van der Waals surface area contributed by atoms with Crippen molar-refractivity contribution in [3.63, 3.8) is 0 Å². The van der Waals surface area contributed by atoms with Crippen LogP contribution < -0.4 is 5.43 Å². The third kappa shape index (κ3) is 2.64. The van der Waals surface area contributed by atoms with Crippen molar-refractivity contribution in [2.45, 2.75) is 44.6 Å². The lowest BCUT2D eigenvalue weighted by molar-refractivity contribution is -0.122. The molecule has 0 spiro atoms. The van der Waals surface area contributed by atoms with Crippen LogP contribution in [0.25, 0.3) is 0 Å². The molecule has 1 N–H and O–H groups in total. The van der Waals surface area contributed by atoms with Gasteiger partial charge >= 0.3 is 0 Å². The van der Waals surface area contributed by atoms with Gasteiger partial charge < -0.3 is 9.88 Å². The molecule has 2 fully saturated rings. The van der Waals surface area contributed by atoms with Gasteiger partial charge in [-0.25, -0.2) is 0 Å². The first-order valence-electron chi connectivity index (χ1n) is 7.69. The zero-order valence-electron chi connectivity index (χ0n) is 12.0. The van der Waals surface area contributed by atoms with Gasteiger partial charge in [0, 0.05) is 43.4 Å². The van der Waals surface area contributed by atoms with Crippen molar-refractivity contribution in [1.29, 1.82) is 0 Å². The fourth-order valence-electron chi connectivity index (χ4n) is 3.62. The molecule has 1 amide bonds. The number of carbonyl (C=O) groups is 2.